The van der Waals surface area contributed by atoms with Gasteiger partial charge < -0.3 is 15.2 Å². The summed E-state index contributed by atoms with van der Waals surface area (Å²) < 4.78 is 5.14. The lowest BCUT2D eigenvalue weighted by Crippen LogP contribution is -2.59. The van der Waals surface area contributed by atoms with Crippen molar-refractivity contribution in [1.82, 2.24) is 5.32 Å². The van der Waals surface area contributed by atoms with E-state index >= 15 is 0 Å². The molecule has 0 saturated heterocycles. The van der Waals surface area contributed by atoms with Gasteiger partial charge in [0.05, 0.1) is 6.61 Å². The molecule has 17 heavy (non-hydrogen) atoms. The van der Waals surface area contributed by atoms with Gasteiger partial charge in [-0.1, -0.05) is 6.08 Å². The molecule has 0 aromatic heterocycles. The van der Waals surface area contributed by atoms with E-state index in [9.17, 15) is 9.59 Å². The summed E-state index contributed by atoms with van der Waals surface area (Å²) in [6, 6.07) is 0. The predicted octanol–water partition coefficient (Wildman–Crippen LogP) is 1.09. The van der Waals surface area contributed by atoms with Gasteiger partial charge in [-0.25, -0.2) is 4.79 Å². The first-order valence-electron chi connectivity index (χ1n) is 5.84. The Morgan fingerprint density at radius 3 is 2.65 bits per heavy atom. The molecule has 1 aliphatic carbocycles. The lowest BCUT2D eigenvalue weighted by molar-refractivity contribution is -0.151. The topological polar surface area (TPSA) is 75.6 Å². The third-order valence-corrected chi connectivity index (χ3v) is 2.92. The second kappa shape index (κ2) is 6.39. The monoisotopic (exact) mass is 241 g/mol. The van der Waals surface area contributed by atoms with Crippen LogP contribution in [0.5, 0.6) is 0 Å². The molecule has 5 heteroatoms. The number of carbonyl (C=O) groups is 2. The molecule has 0 aliphatic heterocycles. The van der Waals surface area contributed by atoms with Crippen LogP contribution in [0.3, 0.4) is 0 Å². The van der Waals surface area contributed by atoms with E-state index in [0.29, 0.717) is 38.9 Å². The number of hydrogen-bond acceptors (Lipinski definition) is 3. The van der Waals surface area contributed by atoms with E-state index in [1.165, 1.54) is 0 Å². The predicted molar refractivity (Wildman–Crippen MR) is 62.6 cm³/mol. The molecule has 5 nitrogen and oxygen atoms in total. The molecule has 1 saturated carbocycles. The number of carboxylic acid groups (broad SMARTS) is 1. The molecular formula is C12H19NO4. The Morgan fingerprint density at radius 2 is 2.18 bits per heavy atom. The first-order chi connectivity index (χ1) is 8.10. The van der Waals surface area contributed by atoms with Crippen molar-refractivity contribution in [2.45, 2.75) is 37.6 Å². The van der Waals surface area contributed by atoms with Gasteiger partial charge in [-0.2, -0.15) is 0 Å². The Balaban J connectivity index is 2.20. The van der Waals surface area contributed by atoms with Crippen LogP contribution in [0.4, 0.5) is 0 Å². The minimum absolute atomic E-state index is 0.214. The van der Waals surface area contributed by atoms with E-state index in [-0.39, 0.29) is 5.91 Å². The summed E-state index contributed by atoms with van der Waals surface area (Å²) in [4.78, 5) is 22.5. The number of carbonyl (C=O) groups excluding carboxylic acids is 1. The Bertz CT molecular complexity index is 297. The van der Waals surface area contributed by atoms with Crippen LogP contribution in [-0.2, 0) is 14.3 Å². The van der Waals surface area contributed by atoms with E-state index in [0.717, 1.165) is 6.42 Å². The highest BCUT2D eigenvalue weighted by atomic mass is 16.5. The maximum atomic E-state index is 11.5. The molecule has 0 bridgehead atoms. The van der Waals surface area contributed by atoms with E-state index in [1.807, 2.05) is 0 Å². The van der Waals surface area contributed by atoms with Gasteiger partial charge in [-0.15, -0.1) is 6.58 Å². The molecular weight excluding hydrogens is 222 g/mol. The minimum Gasteiger partial charge on any atom is -0.480 e. The quantitative estimate of drug-likeness (QED) is 0.493. The van der Waals surface area contributed by atoms with Gasteiger partial charge in [-0.05, 0) is 25.7 Å². The number of rotatable bonds is 8. The summed E-state index contributed by atoms with van der Waals surface area (Å²) in [5, 5.41) is 11.6. The molecule has 0 aromatic carbocycles. The van der Waals surface area contributed by atoms with Crippen molar-refractivity contribution in [1.29, 1.82) is 0 Å². The third kappa shape index (κ3) is 3.85. The molecule has 0 heterocycles. The standard InChI is InChI=1S/C12H19NO4/c1-2-8-17-9-3-5-10(14)13-12(11(15)16)6-4-7-12/h2H,1,3-9H2,(H,13,14)(H,15,16). The van der Waals surface area contributed by atoms with Gasteiger partial charge in [0, 0.05) is 13.0 Å². The normalized spacial score (nSPS) is 16.9. The molecule has 1 aliphatic rings. The number of aliphatic carboxylic acids is 1. The van der Waals surface area contributed by atoms with Crippen LogP contribution in [0.2, 0.25) is 0 Å². The molecule has 1 rings (SSSR count). The number of amides is 1. The van der Waals surface area contributed by atoms with Crippen molar-refractivity contribution in [3.63, 3.8) is 0 Å². The molecule has 0 atom stereocenters. The van der Waals surface area contributed by atoms with Crippen LogP contribution in [0.25, 0.3) is 0 Å². The van der Waals surface area contributed by atoms with Crippen LogP contribution in [0, 0.1) is 0 Å². The minimum atomic E-state index is -1.00. The summed E-state index contributed by atoms with van der Waals surface area (Å²) >= 11 is 0. The summed E-state index contributed by atoms with van der Waals surface area (Å²) in [6.45, 7) is 4.47. The zero-order chi connectivity index (χ0) is 12.7. The fourth-order valence-electron chi connectivity index (χ4n) is 1.75. The van der Waals surface area contributed by atoms with Crippen LogP contribution < -0.4 is 5.32 Å². The zero-order valence-electron chi connectivity index (χ0n) is 9.91. The molecule has 0 radical (unpaired) electrons. The highest BCUT2D eigenvalue weighted by molar-refractivity contribution is 5.87. The van der Waals surface area contributed by atoms with Crippen LogP contribution in [0.15, 0.2) is 12.7 Å². The summed E-state index contributed by atoms with van der Waals surface area (Å²) in [6.07, 6.45) is 4.45. The molecule has 0 unspecified atom stereocenters. The van der Waals surface area contributed by atoms with Crippen molar-refractivity contribution in [3.05, 3.63) is 12.7 Å². The molecule has 0 aromatic rings. The molecule has 96 valence electrons. The largest absolute Gasteiger partial charge is 0.480 e. The SMILES string of the molecule is C=CCOCCCC(=O)NC1(C(=O)O)CCC1. The van der Waals surface area contributed by atoms with Crippen LogP contribution >= 0.6 is 0 Å². The zero-order valence-corrected chi connectivity index (χ0v) is 9.91. The fourth-order valence-corrected chi connectivity index (χ4v) is 1.75. The second-order valence-corrected chi connectivity index (χ2v) is 4.26. The number of carboxylic acids is 1. The van der Waals surface area contributed by atoms with Crippen molar-refractivity contribution < 1.29 is 19.4 Å². The Kier molecular flexibility index (Phi) is 5.15. The Labute approximate surface area is 101 Å². The summed E-state index contributed by atoms with van der Waals surface area (Å²) in [5.41, 5.74) is -1.00. The van der Waals surface area contributed by atoms with Gasteiger partial charge in [0.25, 0.3) is 0 Å². The Hall–Kier alpha value is -1.36. The molecule has 2 N–H and O–H groups in total. The molecule has 0 spiro atoms. The first-order valence-corrected chi connectivity index (χ1v) is 5.84. The summed E-state index contributed by atoms with van der Waals surface area (Å²) in [7, 11) is 0. The second-order valence-electron chi connectivity index (χ2n) is 4.26. The number of ether oxygens (including phenoxy) is 1. The van der Waals surface area contributed by atoms with E-state index in [1.54, 1.807) is 6.08 Å². The smallest absolute Gasteiger partial charge is 0.329 e. The van der Waals surface area contributed by atoms with Crippen molar-refractivity contribution >= 4 is 11.9 Å². The number of nitrogens with one attached hydrogen (secondary N) is 1. The fraction of sp³-hybridized carbons (Fsp3) is 0.667. The average Bonchev–Trinajstić information content (AvgIpc) is 2.22. The third-order valence-electron chi connectivity index (χ3n) is 2.92. The number of hydrogen-bond donors (Lipinski definition) is 2. The molecule has 1 fully saturated rings. The van der Waals surface area contributed by atoms with Crippen molar-refractivity contribution in [2.75, 3.05) is 13.2 Å². The summed E-state index contributed by atoms with van der Waals surface area (Å²) in [5.74, 6) is -1.14. The lowest BCUT2D eigenvalue weighted by Gasteiger charge is -2.38. The van der Waals surface area contributed by atoms with Crippen molar-refractivity contribution in [3.8, 4) is 0 Å². The van der Waals surface area contributed by atoms with E-state index in [2.05, 4.69) is 11.9 Å². The van der Waals surface area contributed by atoms with Gasteiger partial charge >= 0.3 is 5.97 Å². The van der Waals surface area contributed by atoms with E-state index in [4.69, 9.17) is 9.84 Å². The molecule has 1 amide bonds. The van der Waals surface area contributed by atoms with Crippen LogP contribution in [0.1, 0.15) is 32.1 Å². The van der Waals surface area contributed by atoms with Gasteiger partial charge in [0.1, 0.15) is 5.54 Å². The lowest BCUT2D eigenvalue weighted by atomic mass is 9.76. The van der Waals surface area contributed by atoms with Crippen LogP contribution in [-0.4, -0.2) is 35.7 Å². The maximum Gasteiger partial charge on any atom is 0.329 e. The average molecular weight is 241 g/mol. The Morgan fingerprint density at radius 1 is 1.47 bits per heavy atom. The van der Waals surface area contributed by atoms with Crippen molar-refractivity contribution in [2.24, 2.45) is 0 Å². The highest BCUT2D eigenvalue weighted by Gasteiger charge is 2.45. The first kappa shape index (κ1) is 13.7. The van der Waals surface area contributed by atoms with Gasteiger partial charge in [0.15, 0.2) is 0 Å². The maximum absolute atomic E-state index is 11.5. The van der Waals surface area contributed by atoms with Gasteiger partial charge in [-0.3, -0.25) is 4.79 Å². The highest BCUT2D eigenvalue weighted by Crippen LogP contribution is 2.32. The van der Waals surface area contributed by atoms with Gasteiger partial charge in [0.2, 0.25) is 5.91 Å². The van der Waals surface area contributed by atoms with E-state index < -0.39 is 11.5 Å².